The van der Waals surface area contributed by atoms with Gasteiger partial charge in [0.15, 0.2) is 5.82 Å². The van der Waals surface area contributed by atoms with Gasteiger partial charge in [0.05, 0.1) is 11.3 Å². The normalized spacial score (nSPS) is 10.8. The molecule has 0 aliphatic rings. The van der Waals surface area contributed by atoms with Crippen LogP contribution in [0.25, 0.3) is 22.4 Å². The zero-order chi connectivity index (χ0) is 15.0. The Hall–Kier alpha value is -2.14. The molecule has 3 aromatic rings. The number of aryl methyl sites for hydroxylation is 1. The first-order chi connectivity index (χ1) is 10.0. The maximum absolute atomic E-state index is 13.1. The van der Waals surface area contributed by atoms with E-state index in [0.717, 1.165) is 32.4 Å². The van der Waals surface area contributed by atoms with Crippen LogP contribution >= 0.6 is 15.9 Å². The quantitative estimate of drug-likeness (QED) is 0.716. The average Bonchev–Trinajstić information content (AvgIpc) is 2.80. The number of hydrogen-bond acceptors (Lipinski definition) is 2. The number of hydrogen-bond donors (Lipinski definition) is 2. The molecule has 0 spiro atoms. The molecule has 3 nitrogen and oxygen atoms in total. The van der Waals surface area contributed by atoms with E-state index in [4.69, 9.17) is 5.73 Å². The average molecular weight is 346 g/mol. The van der Waals surface area contributed by atoms with Gasteiger partial charge in [-0.15, -0.1) is 0 Å². The Kier molecular flexibility index (Phi) is 3.51. The number of halogens is 2. The highest BCUT2D eigenvalue weighted by Crippen LogP contribution is 2.36. The molecule has 0 radical (unpaired) electrons. The Balaban J connectivity index is 2.19. The Labute approximate surface area is 130 Å². The van der Waals surface area contributed by atoms with Crippen molar-refractivity contribution in [1.82, 2.24) is 10.2 Å². The van der Waals surface area contributed by atoms with Crippen molar-refractivity contribution in [2.45, 2.75) is 6.92 Å². The van der Waals surface area contributed by atoms with E-state index < -0.39 is 0 Å². The molecule has 2 aromatic carbocycles. The molecule has 0 fully saturated rings. The van der Waals surface area contributed by atoms with Gasteiger partial charge in [-0.3, -0.25) is 5.10 Å². The molecule has 0 aliphatic carbocycles. The second kappa shape index (κ2) is 5.33. The van der Waals surface area contributed by atoms with Crippen molar-refractivity contribution in [3.8, 4) is 22.4 Å². The molecule has 0 saturated heterocycles. The van der Waals surface area contributed by atoms with Crippen molar-refractivity contribution in [3.05, 3.63) is 58.3 Å². The summed E-state index contributed by atoms with van der Waals surface area (Å²) in [6, 6.07) is 12.3. The summed E-state index contributed by atoms with van der Waals surface area (Å²) < 4.78 is 14.1. The second-order valence-corrected chi connectivity index (χ2v) is 5.80. The Morgan fingerprint density at radius 1 is 1.10 bits per heavy atom. The van der Waals surface area contributed by atoms with E-state index in [-0.39, 0.29) is 5.82 Å². The lowest BCUT2D eigenvalue weighted by Gasteiger charge is -2.07. The highest BCUT2D eigenvalue weighted by molar-refractivity contribution is 9.10. The number of nitrogens with two attached hydrogens (primary N) is 1. The fourth-order valence-electron chi connectivity index (χ4n) is 2.35. The zero-order valence-electron chi connectivity index (χ0n) is 11.3. The second-order valence-electron chi connectivity index (χ2n) is 4.88. The first kappa shape index (κ1) is 13.8. The van der Waals surface area contributed by atoms with E-state index in [1.54, 1.807) is 12.1 Å². The van der Waals surface area contributed by atoms with Gasteiger partial charge < -0.3 is 5.73 Å². The summed E-state index contributed by atoms with van der Waals surface area (Å²) in [5, 5.41) is 7.06. The van der Waals surface area contributed by atoms with Gasteiger partial charge in [-0.2, -0.15) is 5.10 Å². The molecule has 1 heterocycles. The fourth-order valence-corrected chi connectivity index (χ4v) is 2.96. The lowest BCUT2D eigenvalue weighted by Crippen LogP contribution is -1.89. The zero-order valence-corrected chi connectivity index (χ0v) is 12.9. The third-order valence-electron chi connectivity index (χ3n) is 3.26. The van der Waals surface area contributed by atoms with Gasteiger partial charge >= 0.3 is 0 Å². The molecule has 3 rings (SSSR count). The van der Waals surface area contributed by atoms with Gasteiger partial charge in [0.25, 0.3) is 0 Å². The van der Waals surface area contributed by atoms with Gasteiger partial charge in [0.1, 0.15) is 5.82 Å². The van der Waals surface area contributed by atoms with Gasteiger partial charge in [-0.25, -0.2) is 4.39 Å². The van der Waals surface area contributed by atoms with Gasteiger partial charge in [0, 0.05) is 10.0 Å². The summed E-state index contributed by atoms with van der Waals surface area (Å²) in [6.07, 6.45) is 0. The number of H-pyrrole nitrogens is 1. The van der Waals surface area contributed by atoms with Crippen LogP contribution < -0.4 is 5.73 Å². The summed E-state index contributed by atoms with van der Waals surface area (Å²) >= 11 is 3.49. The van der Waals surface area contributed by atoms with Crippen LogP contribution in [0.1, 0.15) is 5.56 Å². The summed E-state index contributed by atoms with van der Waals surface area (Å²) in [5.41, 5.74) is 10.5. The molecule has 0 saturated carbocycles. The number of benzene rings is 2. The van der Waals surface area contributed by atoms with Crippen molar-refractivity contribution in [2.75, 3.05) is 5.73 Å². The van der Waals surface area contributed by atoms with E-state index >= 15 is 0 Å². The molecule has 1 aromatic heterocycles. The SMILES string of the molecule is Cc1cc(Br)cc(-c2[nH]nc(N)c2-c2ccc(F)cc2)c1. The predicted octanol–water partition coefficient (Wildman–Crippen LogP) is 4.54. The minimum absolute atomic E-state index is 0.277. The molecule has 21 heavy (non-hydrogen) atoms. The number of aromatic amines is 1. The minimum atomic E-state index is -0.277. The van der Waals surface area contributed by atoms with Crippen LogP contribution in [-0.4, -0.2) is 10.2 Å². The maximum atomic E-state index is 13.1. The van der Waals surface area contributed by atoms with Crippen LogP contribution in [0, 0.1) is 12.7 Å². The standard InChI is InChI=1S/C16H13BrFN3/c1-9-6-11(8-12(17)7-9)15-14(16(19)21-20-15)10-2-4-13(18)5-3-10/h2-8H,1H3,(H3,19,20,21). The van der Waals surface area contributed by atoms with Crippen LogP contribution in [0.3, 0.4) is 0 Å². The molecule has 106 valence electrons. The van der Waals surface area contributed by atoms with Crippen LogP contribution in [0.4, 0.5) is 10.2 Å². The van der Waals surface area contributed by atoms with E-state index in [0.29, 0.717) is 5.82 Å². The van der Waals surface area contributed by atoms with Crippen LogP contribution in [-0.2, 0) is 0 Å². The summed E-state index contributed by atoms with van der Waals surface area (Å²) in [5.74, 6) is 0.120. The highest BCUT2D eigenvalue weighted by atomic mass is 79.9. The molecule has 0 aliphatic heterocycles. The number of anilines is 1. The molecular formula is C16H13BrFN3. The number of aromatic nitrogens is 2. The molecule has 0 atom stereocenters. The summed E-state index contributed by atoms with van der Waals surface area (Å²) in [7, 11) is 0. The number of nitrogens with zero attached hydrogens (tertiary/aromatic N) is 1. The fraction of sp³-hybridized carbons (Fsp3) is 0.0625. The topological polar surface area (TPSA) is 54.7 Å². The smallest absolute Gasteiger partial charge is 0.153 e. The highest BCUT2D eigenvalue weighted by Gasteiger charge is 2.15. The first-order valence-electron chi connectivity index (χ1n) is 6.42. The van der Waals surface area contributed by atoms with Gasteiger partial charge in [-0.05, 0) is 48.4 Å². The number of nitrogens with one attached hydrogen (secondary N) is 1. The van der Waals surface area contributed by atoms with Crippen LogP contribution in [0.15, 0.2) is 46.9 Å². The lowest BCUT2D eigenvalue weighted by atomic mass is 10.00. The van der Waals surface area contributed by atoms with Crippen molar-refractivity contribution in [3.63, 3.8) is 0 Å². The van der Waals surface area contributed by atoms with Crippen LogP contribution in [0.5, 0.6) is 0 Å². The molecule has 0 amide bonds. The summed E-state index contributed by atoms with van der Waals surface area (Å²) in [6.45, 7) is 2.02. The molecule has 0 bridgehead atoms. The molecule has 0 unspecified atom stereocenters. The lowest BCUT2D eigenvalue weighted by molar-refractivity contribution is 0.628. The molecule has 5 heteroatoms. The minimum Gasteiger partial charge on any atom is -0.382 e. The van der Waals surface area contributed by atoms with E-state index in [9.17, 15) is 4.39 Å². The maximum Gasteiger partial charge on any atom is 0.153 e. The Morgan fingerprint density at radius 3 is 2.48 bits per heavy atom. The monoisotopic (exact) mass is 345 g/mol. The Bertz CT molecular complexity index is 774. The third-order valence-corrected chi connectivity index (χ3v) is 3.72. The van der Waals surface area contributed by atoms with E-state index in [1.807, 2.05) is 25.1 Å². The molecule has 3 N–H and O–H groups in total. The van der Waals surface area contributed by atoms with Crippen molar-refractivity contribution >= 4 is 21.7 Å². The predicted molar refractivity (Wildman–Crippen MR) is 86.3 cm³/mol. The van der Waals surface area contributed by atoms with E-state index in [1.165, 1.54) is 12.1 Å². The largest absolute Gasteiger partial charge is 0.382 e. The third kappa shape index (κ3) is 2.69. The van der Waals surface area contributed by atoms with Crippen LogP contribution in [0.2, 0.25) is 0 Å². The first-order valence-corrected chi connectivity index (χ1v) is 7.21. The van der Waals surface area contributed by atoms with Crippen molar-refractivity contribution in [2.24, 2.45) is 0 Å². The molecular weight excluding hydrogens is 333 g/mol. The number of nitrogen functional groups attached to an aromatic ring is 1. The van der Waals surface area contributed by atoms with Crippen molar-refractivity contribution in [1.29, 1.82) is 0 Å². The van der Waals surface area contributed by atoms with Crippen molar-refractivity contribution < 1.29 is 4.39 Å². The number of rotatable bonds is 2. The summed E-state index contributed by atoms with van der Waals surface area (Å²) in [4.78, 5) is 0. The van der Waals surface area contributed by atoms with Gasteiger partial charge in [0.2, 0.25) is 0 Å². The Morgan fingerprint density at radius 2 is 1.81 bits per heavy atom. The van der Waals surface area contributed by atoms with Gasteiger partial charge in [-0.1, -0.05) is 28.1 Å². The van der Waals surface area contributed by atoms with E-state index in [2.05, 4.69) is 26.1 Å².